The van der Waals surface area contributed by atoms with Crippen LogP contribution in [0.15, 0.2) is 52.0 Å². The first-order valence-corrected chi connectivity index (χ1v) is 12.8. The van der Waals surface area contributed by atoms with Crippen LogP contribution in [0, 0.1) is 0 Å². The van der Waals surface area contributed by atoms with Gasteiger partial charge in [0.25, 0.3) is 0 Å². The molecule has 2 rings (SSSR count). The molecule has 7 heteroatoms. The first-order chi connectivity index (χ1) is 16.0. The Morgan fingerprint density at radius 2 is 1.61 bits per heavy atom. The van der Waals surface area contributed by atoms with Gasteiger partial charge in [0.2, 0.25) is 5.91 Å². The topological polar surface area (TPSA) is 67.8 Å². The molecule has 5 nitrogen and oxygen atoms in total. The van der Waals surface area contributed by atoms with Crippen LogP contribution in [0.25, 0.3) is 0 Å². The molecule has 0 aliphatic rings. The van der Waals surface area contributed by atoms with Gasteiger partial charge in [0.05, 0.1) is 11.8 Å². The Kier molecular flexibility index (Phi) is 12.8. The average Bonchev–Trinajstić information content (AvgIpc) is 2.80. The highest BCUT2D eigenvalue weighted by molar-refractivity contribution is 9.10. The molecule has 33 heavy (non-hydrogen) atoms. The van der Waals surface area contributed by atoms with E-state index in [0.717, 1.165) is 17.3 Å². The van der Waals surface area contributed by atoms with Crippen molar-refractivity contribution < 1.29 is 14.3 Å². The second-order valence-electron chi connectivity index (χ2n) is 7.95. The van der Waals surface area contributed by atoms with Crippen molar-refractivity contribution in [3.63, 3.8) is 0 Å². The first-order valence-electron chi connectivity index (χ1n) is 11.6. The highest BCUT2D eigenvalue weighted by Crippen LogP contribution is 2.23. The molecule has 0 spiro atoms. The fraction of sp³-hybridized carbons (Fsp3) is 0.423. The Morgan fingerprint density at radius 1 is 0.970 bits per heavy atom. The number of esters is 1. The molecule has 2 aromatic carbocycles. The molecule has 0 fully saturated rings. The summed E-state index contributed by atoms with van der Waals surface area (Å²) in [5, 5.41) is 4.58. The van der Waals surface area contributed by atoms with Crippen molar-refractivity contribution in [1.29, 1.82) is 0 Å². The Bertz CT molecular complexity index is 916. The van der Waals surface area contributed by atoms with Gasteiger partial charge in [-0.25, -0.2) is 10.2 Å². The minimum atomic E-state index is -0.502. The van der Waals surface area contributed by atoms with Crippen LogP contribution < -0.4 is 10.2 Å². The second-order valence-corrected chi connectivity index (χ2v) is 9.30. The van der Waals surface area contributed by atoms with Gasteiger partial charge in [-0.1, -0.05) is 85.8 Å². The number of nitrogens with one attached hydrogen (secondary N) is 1. The van der Waals surface area contributed by atoms with E-state index < -0.39 is 5.97 Å². The van der Waals surface area contributed by atoms with E-state index in [9.17, 15) is 9.59 Å². The van der Waals surface area contributed by atoms with E-state index >= 15 is 0 Å². The Labute approximate surface area is 210 Å². The maximum atomic E-state index is 12.4. The lowest BCUT2D eigenvalue weighted by atomic mass is 10.1. The summed E-state index contributed by atoms with van der Waals surface area (Å²) in [5.41, 5.74) is 3.51. The van der Waals surface area contributed by atoms with Crippen LogP contribution in [0.4, 0.5) is 0 Å². The largest absolute Gasteiger partial charge is 0.422 e. The highest BCUT2D eigenvalue weighted by atomic mass is 79.9. The predicted octanol–water partition coefficient (Wildman–Crippen LogP) is 7.69. The molecule has 0 bridgehead atoms. The fourth-order valence-corrected chi connectivity index (χ4v) is 3.79. The van der Waals surface area contributed by atoms with E-state index in [1.54, 1.807) is 42.5 Å². The lowest BCUT2D eigenvalue weighted by molar-refractivity contribution is -0.121. The molecule has 0 unspecified atom stereocenters. The summed E-state index contributed by atoms with van der Waals surface area (Å²) in [6, 6.07) is 11.7. The third kappa shape index (κ3) is 11.0. The van der Waals surface area contributed by atoms with Crippen molar-refractivity contribution >= 4 is 45.6 Å². The summed E-state index contributed by atoms with van der Waals surface area (Å²) in [7, 11) is 0. The fourth-order valence-electron chi connectivity index (χ4n) is 3.28. The number of amides is 1. The first kappa shape index (κ1) is 27.1. The van der Waals surface area contributed by atoms with E-state index in [1.807, 2.05) is 0 Å². The molecule has 0 saturated carbocycles. The molecule has 178 valence electrons. The standard InChI is InChI=1S/C26H32BrClN2O3/c1-2-3-4-5-6-7-8-9-10-11-25(31)30-29-19-21-18-22(27)14-17-24(21)33-26(32)20-12-15-23(28)16-13-20/h12-19H,2-11H2,1H3,(H,30,31)/b29-19-. The summed E-state index contributed by atoms with van der Waals surface area (Å²) < 4.78 is 6.31. The molecule has 0 aliphatic carbocycles. The zero-order chi connectivity index (χ0) is 23.9. The number of rotatable bonds is 14. The SMILES string of the molecule is CCCCCCCCCCCC(=O)N/N=C\c1cc(Br)ccc1OC(=O)c1ccc(Cl)cc1. The number of hydrogen-bond donors (Lipinski definition) is 1. The van der Waals surface area contributed by atoms with Crippen LogP contribution in [-0.4, -0.2) is 18.1 Å². The van der Waals surface area contributed by atoms with Crippen LogP contribution in [0.2, 0.25) is 5.02 Å². The molecule has 0 radical (unpaired) electrons. The van der Waals surface area contributed by atoms with Crippen LogP contribution >= 0.6 is 27.5 Å². The molecule has 0 atom stereocenters. The van der Waals surface area contributed by atoms with Gasteiger partial charge in [0.1, 0.15) is 5.75 Å². The van der Waals surface area contributed by atoms with Crippen LogP contribution in [0.5, 0.6) is 5.75 Å². The zero-order valence-electron chi connectivity index (χ0n) is 19.1. The van der Waals surface area contributed by atoms with Gasteiger partial charge in [0.15, 0.2) is 0 Å². The summed E-state index contributed by atoms with van der Waals surface area (Å²) >= 11 is 9.27. The van der Waals surface area contributed by atoms with E-state index in [0.29, 0.717) is 28.3 Å². The number of ether oxygens (including phenoxy) is 1. The maximum Gasteiger partial charge on any atom is 0.343 e. The monoisotopic (exact) mass is 534 g/mol. The van der Waals surface area contributed by atoms with Gasteiger partial charge in [0, 0.05) is 21.5 Å². The number of carbonyl (C=O) groups excluding carboxylic acids is 2. The molecule has 0 saturated heterocycles. The van der Waals surface area contributed by atoms with Crippen molar-refractivity contribution in [3.8, 4) is 5.75 Å². The highest BCUT2D eigenvalue weighted by Gasteiger charge is 2.12. The van der Waals surface area contributed by atoms with Crippen molar-refractivity contribution in [1.82, 2.24) is 5.43 Å². The zero-order valence-corrected chi connectivity index (χ0v) is 21.5. The number of benzene rings is 2. The van der Waals surface area contributed by atoms with E-state index in [-0.39, 0.29) is 5.91 Å². The van der Waals surface area contributed by atoms with Gasteiger partial charge < -0.3 is 4.74 Å². The number of halogens is 2. The van der Waals surface area contributed by atoms with Crippen molar-refractivity contribution in [2.75, 3.05) is 0 Å². The van der Waals surface area contributed by atoms with Gasteiger partial charge >= 0.3 is 5.97 Å². The van der Waals surface area contributed by atoms with Crippen LogP contribution in [0.1, 0.15) is 87.1 Å². The lowest BCUT2D eigenvalue weighted by Crippen LogP contribution is -2.17. The summed E-state index contributed by atoms with van der Waals surface area (Å²) in [6.07, 6.45) is 12.8. The van der Waals surface area contributed by atoms with E-state index in [1.165, 1.54) is 51.2 Å². The maximum absolute atomic E-state index is 12.4. The Morgan fingerprint density at radius 3 is 2.27 bits per heavy atom. The Balaban J connectivity index is 1.77. The number of carbonyl (C=O) groups is 2. The second kappa shape index (κ2) is 15.6. The van der Waals surface area contributed by atoms with Gasteiger partial charge in [-0.3, -0.25) is 4.79 Å². The summed E-state index contributed by atoms with van der Waals surface area (Å²) in [6.45, 7) is 2.23. The molecular formula is C26H32BrClN2O3. The van der Waals surface area contributed by atoms with Crippen LogP contribution in [0.3, 0.4) is 0 Å². The van der Waals surface area contributed by atoms with Crippen LogP contribution in [-0.2, 0) is 4.79 Å². The van der Waals surface area contributed by atoms with E-state index in [2.05, 4.69) is 33.4 Å². The molecule has 0 heterocycles. The van der Waals surface area contributed by atoms with Crippen molar-refractivity contribution in [3.05, 3.63) is 63.1 Å². The molecule has 1 amide bonds. The number of nitrogens with zero attached hydrogens (tertiary/aromatic N) is 1. The third-order valence-electron chi connectivity index (χ3n) is 5.15. The summed E-state index contributed by atoms with van der Waals surface area (Å²) in [5.74, 6) is -0.281. The lowest BCUT2D eigenvalue weighted by Gasteiger charge is -2.08. The quantitative estimate of drug-likeness (QED) is 0.0886. The third-order valence-corrected chi connectivity index (χ3v) is 5.90. The minimum Gasteiger partial charge on any atom is -0.422 e. The number of unbranched alkanes of at least 4 members (excludes halogenated alkanes) is 8. The van der Waals surface area contributed by atoms with Gasteiger partial charge in [-0.2, -0.15) is 5.10 Å². The van der Waals surface area contributed by atoms with Gasteiger partial charge in [-0.15, -0.1) is 0 Å². The normalized spacial score (nSPS) is 11.0. The molecule has 2 aromatic rings. The van der Waals surface area contributed by atoms with Crippen molar-refractivity contribution in [2.24, 2.45) is 5.10 Å². The average molecular weight is 536 g/mol. The predicted molar refractivity (Wildman–Crippen MR) is 138 cm³/mol. The number of hydrazone groups is 1. The smallest absolute Gasteiger partial charge is 0.343 e. The number of hydrogen-bond acceptors (Lipinski definition) is 4. The Hall–Kier alpha value is -2.18. The molecule has 0 aromatic heterocycles. The van der Waals surface area contributed by atoms with Crippen molar-refractivity contribution in [2.45, 2.75) is 71.1 Å². The molecule has 0 aliphatic heterocycles. The molecule has 1 N–H and O–H groups in total. The molecular weight excluding hydrogens is 504 g/mol. The summed E-state index contributed by atoms with van der Waals surface area (Å²) in [4.78, 5) is 24.5. The minimum absolute atomic E-state index is 0.121. The van der Waals surface area contributed by atoms with E-state index in [4.69, 9.17) is 16.3 Å². The van der Waals surface area contributed by atoms with Gasteiger partial charge in [-0.05, 0) is 48.9 Å².